The molecule has 2 atom stereocenters. The van der Waals surface area contributed by atoms with E-state index in [9.17, 15) is 14.7 Å². The van der Waals surface area contributed by atoms with Crippen molar-refractivity contribution in [2.75, 3.05) is 6.61 Å². The molecule has 0 aliphatic heterocycles. The molecule has 142 valence electrons. The van der Waals surface area contributed by atoms with Crippen molar-refractivity contribution in [3.63, 3.8) is 0 Å². The number of aliphatic hydroxyl groups excluding tert-OH is 1. The molecule has 0 amide bonds. The van der Waals surface area contributed by atoms with Crippen LogP contribution >= 0.6 is 0 Å². The van der Waals surface area contributed by atoms with E-state index in [4.69, 9.17) is 9.47 Å². The SMILES string of the molecule is O=C(/C=C/c1ccccc1)O[C@@H]1C(COC(=O)c2ccccc2)=CC=C[C@H]1O. The van der Waals surface area contributed by atoms with Gasteiger partial charge in [0.25, 0.3) is 0 Å². The molecule has 0 radical (unpaired) electrons. The highest BCUT2D eigenvalue weighted by Gasteiger charge is 2.28. The molecule has 0 saturated heterocycles. The summed E-state index contributed by atoms with van der Waals surface area (Å²) in [4.78, 5) is 24.3. The Labute approximate surface area is 163 Å². The number of aliphatic hydroxyl groups is 1. The zero-order chi connectivity index (χ0) is 19.8. The van der Waals surface area contributed by atoms with Crippen LogP contribution in [0.1, 0.15) is 15.9 Å². The standard InChI is InChI=1S/C23H20O5/c24-20-13-7-12-19(16-27-23(26)18-10-5-2-6-11-18)22(20)28-21(25)15-14-17-8-3-1-4-9-17/h1-15,20,22,24H,16H2/b15-14+/t20-,22-/m1/s1. The lowest BCUT2D eigenvalue weighted by atomic mass is 9.99. The van der Waals surface area contributed by atoms with Gasteiger partial charge < -0.3 is 14.6 Å². The Kier molecular flexibility index (Phi) is 6.54. The highest BCUT2D eigenvalue weighted by Crippen LogP contribution is 2.19. The van der Waals surface area contributed by atoms with Gasteiger partial charge in [-0.1, -0.05) is 66.8 Å². The Balaban J connectivity index is 1.61. The maximum absolute atomic E-state index is 12.2. The first kappa shape index (κ1) is 19.3. The third-order valence-corrected chi connectivity index (χ3v) is 4.13. The first-order valence-corrected chi connectivity index (χ1v) is 8.85. The molecule has 28 heavy (non-hydrogen) atoms. The predicted octanol–water partition coefficient (Wildman–Crippen LogP) is 3.33. The normalized spacial score (nSPS) is 18.5. The molecule has 0 fully saturated rings. The molecule has 0 bridgehead atoms. The van der Waals surface area contributed by atoms with Crippen LogP contribution in [0.4, 0.5) is 0 Å². The number of hydrogen-bond donors (Lipinski definition) is 1. The Morgan fingerprint density at radius 2 is 1.68 bits per heavy atom. The smallest absolute Gasteiger partial charge is 0.338 e. The van der Waals surface area contributed by atoms with Gasteiger partial charge in [-0.2, -0.15) is 0 Å². The van der Waals surface area contributed by atoms with E-state index in [0.29, 0.717) is 11.1 Å². The molecular weight excluding hydrogens is 356 g/mol. The maximum atomic E-state index is 12.2. The average Bonchev–Trinajstić information content (AvgIpc) is 2.74. The van der Waals surface area contributed by atoms with Crippen LogP contribution in [0.2, 0.25) is 0 Å². The number of esters is 2. The van der Waals surface area contributed by atoms with E-state index in [0.717, 1.165) is 5.56 Å². The Morgan fingerprint density at radius 3 is 2.39 bits per heavy atom. The number of rotatable bonds is 6. The second-order valence-electron chi connectivity index (χ2n) is 6.16. The molecule has 0 saturated carbocycles. The molecule has 0 heterocycles. The van der Waals surface area contributed by atoms with Crippen LogP contribution in [0.5, 0.6) is 0 Å². The molecule has 2 aromatic carbocycles. The Bertz CT molecular complexity index is 897. The highest BCUT2D eigenvalue weighted by molar-refractivity contribution is 5.89. The topological polar surface area (TPSA) is 72.8 Å². The second-order valence-corrected chi connectivity index (χ2v) is 6.16. The molecule has 5 nitrogen and oxygen atoms in total. The van der Waals surface area contributed by atoms with Crippen molar-refractivity contribution in [3.8, 4) is 0 Å². The van der Waals surface area contributed by atoms with Crippen LogP contribution in [0, 0.1) is 0 Å². The molecule has 2 aromatic rings. The van der Waals surface area contributed by atoms with E-state index in [-0.39, 0.29) is 6.61 Å². The van der Waals surface area contributed by atoms with Crippen molar-refractivity contribution >= 4 is 18.0 Å². The molecule has 1 N–H and O–H groups in total. The van der Waals surface area contributed by atoms with Gasteiger partial charge in [0.15, 0.2) is 6.10 Å². The van der Waals surface area contributed by atoms with E-state index >= 15 is 0 Å². The van der Waals surface area contributed by atoms with Gasteiger partial charge in [0, 0.05) is 11.6 Å². The lowest BCUT2D eigenvalue weighted by molar-refractivity contribution is -0.145. The summed E-state index contributed by atoms with van der Waals surface area (Å²) in [5.41, 5.74) is 1.78. The van der Waals surface area contributed by atoms with Crippen molar-refractivity contribution < 1.29 is 24.2 Å². The van der Waals surface area contributed by atoms with Crippen molar-refractivity contribution in [2.24, 2.45) is 0 Å². The number of carbonyl (C=O) groups excluding carboxylic acids is 2. The molecule has 0 unspecified atom stereocenters. The molecule has 0 spiro atoms. The molecule has 1 aliphatic carbocycles. The second kappa shape index (κ2) is 9.48. The van der Waals surface area contributed by atoms with E-state index in [1.165, 1.54) is 12.2 Å². The van der Waals surface area contributed by atoms with E-state index in [2.05, 4.69) is 0 Å². The summed E-state index contributed by atoms with van der Waals surface area (Å²) in [6, 6.07) is 17.9. The lowest BCUT2D eigenvalue weighted by Crippen LogP contribution is -2.34. The number of ether oxygens (including phenoxy) is 2. The van der Waals surface area contributed by atoms with Crippen LogP contribution in [-0.2, 0) is 14.3 Å². The largest absolute Gasteiger partial charge is 0.457 e. The van der Waals surface area contributed by atoms with Crippen LogP contribution in [0.25, 0.3) is 6.08 Å². The number of allylic oxidation sites excluding steroid dienone is 2. The van der Waals surface area contributed by atoms with Gasteiger partial charge in [-0.15, -0.1) is 0 Å². The summed E-state index contributed by atoms with van der Waals surface area (Å²) in [6.45, 7) is -0.0878. The minimum atomic E-state index is -1.01. The van der Waals surface area contributed by atoms with Gasteiger partial charge >= 0.3 is 11.9 Å². The summed E-state index contributed by atoms with van der Waals surface area (Å²) in [7, 11) is 0. The predicted molar refractivity (Wildman–Crippen MR) is 105 cm³/mol. The van der Waals surface area contributed by atoms with Gasteiger partial charge in [0.2, 0.25) is 0 Å². The summed E-state index contributed by atoms with van der Waals surface area (Å²) >= 11 is 0. The summed E-state index contributed by atoms with van der Waals surface area (Å²) < 4.78 is 10.7. The van der Waals surface area contributed by atoms with Gasteiger partial charge in [-0.05, 0) is 23.8 Å². The first-order valence-electron chi connectivity index (χ1n) is 8.85. The quantitative estimate of drug-likeness (QED) is 0.618. The van der Waals surface area contributed by atoms with E-state index in [1.54, 1.807) is 48.6 Å². The zero-order valence-electron chi connectivity index (χ0n) is 15.1. The minimum Gasteiger partial charge on any atom is -0.457 e. The molecular formula is C23H20O5. The van der Waals surface area contributed by atoms with E-state index < -0.39 is 24.1 Å². The number of benzene rings is 2. The molecule has 3 rings (SSSR count). The van der Waals surface area contributed by atoms with Crippen molar-refractivity contribution in [2.45, 2.75) is 12.2 Å². The minimum absolute atomic E-state index is 0.0878. The van der Waals surface area contributed by atoms with Gasteiger partial charge in [-0.3, -0.25) is 0 Å². The fraction of sp³-hybridized carbons (Fsp3) is 0.130. The lowest BCUT2D eigenvalue weighted by Gasteiger charge is -2.25. The molecule has 5 heteroatoms. The van der Waals surface area contributed by atoms with Crippen LogP contribution < -0.4 is 0 Å². The van der Waals surface area contributed by atoms with Gasteiger partial charge in [0.1, 0.15) is 12.7 Å². The average molecular weight is 376 g/mol. The zero-order valence-corrected chi connectivity index (χ0v) is 15.1. The van der Waals surface area contributed by atoms with Gasteiger partial charge in [-0.25, -0.2) is 9.59 Å². The summed E-state index contributed by atoms with van der Waals surface area (Å²) in [6.07, 6.45) is 5.83. The van der Waals surface area contributed by atoms with Crippen LogP contribution in [0.3, 0.4) is 0 Å². The monoisotopic (exact) mass is 376 g/mol. The van der Waals surface area contributed by atoms with Gasteiger partial charge in [0.05, 0.1) is 5.56 Å². The third kappa shape index (κ3) is 5.28. The van der Waals surface area contributed by atoms with Crippen molar-refractivity contribution in [1.82, 2.24) is 0 Å². The maximum Gasteiger partial charge on any atom is 0.338 e. The van der Waals surface area contributed by atoms with Crippen molar-refractivity contribution in [3.05, 3.63) is 102 Å². The molecule has 1 aliphatic rings. The fourth-order valence-electron chi connectivity index (χ4n) is 2.68. The summed E-state index contributed by atoms with van der Waals surface area (Å²) in [5.74, 6) is -1.08. The Morgan fingerprint density at radius 1 is 1.00 bits per heavy atom. The summed E-state index contributed by atoms with van der Waals surface area (Å²) in [5, 5.41) is 10.2. The fourth-order valence-corrected chi connectivity index (χ4v) is 2.68. The van der Waals surface area contributed by atoms with Crippen molar-refractivity contribution in [1.29, 1.82) is 0 Å². The number of carbonyl (C=O) groups is 2. The highest BCUT2D eigenvalue weighted by atomic mass is 16.6. The van der Waals surface area contributed by atoms with Crippen LogP contribution in [0.15, 0.2) is 90.5 Å². The third-order valence-electron chi connectivity index (χ3n) is 4.13. The van der Waals surface area contributed by atoms with E-state index in [1.807, 2.05) is 30.3 Å². The van der Waals surface area contributed by atoms with Crippen LogP contribution in [-0.4, -0.2) is 35.9 Å². The Hall–Kier alpha value is -3.44. The first-order chi connectivity index (χ1) is 13.6. The number of hydrogen-bond acceptors (Lipinski definition) is 5. The molecule has 0 aromatic heterocycles.